The molecule has 84 valence electrons. The van der Waals surface area contributed by atoms with Crippen molar-refractivity contribution in [2.45, 2.75) is 27.2 Å². The van der Waals surface area contributed by atoms with Gasteiger partial charge in [0.1, 0.15) is 7.05 Å². The van der Waals surface area contributed by atoms with Gasteiger partial charge in [0.2, 0.25) is 11.4 Å². The first-order valence-electron chi connectivity index (χ1n) is 5.33. The van der Waals surface area contributed by atoms with Gasteiger partial charge in [-0.1, -0.05) is 13.8 Å². The lowest BCUT2D eigenvalue weighted by atomic mass is 10.1. The quantitative estimate of drug-likeness (QED) is 0.771. The number of hydrogen-bond donors (Lipinski definition) is 1. The zero-order valence-electron chi connectivity index (χ0n) is 9.95. The van der Waals surface area contributed by atoms with Gasteiger partial charge in [0.15, 0.2) is 11.9 Å². The minimum absolute atomic E-state index is 0.217. The van der Waals surface area contributed by atoms with E-state index < -0.39 is 0 Å². The summed E-state index contributed by atoms with van der Waals surface area (Å²) in [7, 11) is 1.93. The molecule has 0 bridgehead atoms. The number of aromatic nitrogens is 1. The molecule has 0 amide bonds. The Kier molecular flexibility index (Phi) is 3.95. The van der Waals surface area contributed by atoms with Crippen LogP contribution in [0.4, 0.5) is 0 Å². The summed E-state index contributed by atoms with van der Waals surface area (Å²) in [6.07, 6.45) is 2.82. The molecule has 0 saturated carbocycles. The van der Waals surface area contributed by atoms with Crippen LogP contribution in [0.15, 0.2) is 12.3 Å². The lowest BCUT2D eigenvalue weighted by molar-refractivity contribution is -0.678. The van der Waals surface area contributed by atoms with Crippen molar-refractivity contribution in [1.82, 2.24) is 0 Å². The van der Waals surface area contributed by atoms with Gasteiger partial charge >= 0.3 is 0 Å². The van der Waals surface area contributed by atoms with E-state index in [2.05, 4.69) is 13.8 Å². The average Bonchev–Trinajstić information content (AvgIpc) is 2.17. The van der Waals surface area contributed by atoms with Gasteiger partial charge in [-0.2, -0.15) is 0 Å². The Balaban J connectivity index is 2.71. The standard InChI is InChI=1S/C12H19NO2/c1-9(2)6-8-15-12-10(3)13(4)7-5-11(12)14/h5,7,9H,6,8H2,1-4H3/p+1. The molecule has 0 atom stereocenters. The zero-order valence-corrected chi connectivity index (χ0v) is 9.95. The van der Waals surface area contributed by atoms with Crippen molar-refractivity contribution in [3.8, 4) is 11.5 Å². The van der Waals surface area contributed by atoms with E-state index in [1.54, 1.807) is 6.07 Å². The molecular formula is C12H20NO2+. The summed E-state index contributed by atoms with van der Waals surface area (Å²) in [6, 6.07) is 1.65. The normalized spacial score (nSPS) is 10.7. The van der Waals surface area contributed by atoms with Gasteiger partial charge in [-0.25, -0.2) is 4.57 Å². The third-order valence-corrected chi connectivity index (χ3v) is 2.49. The van der Waals surface area contributed by atoms with Gasteiger partial charge in [0, 0.05) is 13.0 Å². The van der Waals surface area contributed by atoms with Crippen LogP contribution in [0.25, 0.3) is 0 Å². The summed E-state index contributed by atoms with van der Waals surface area (Å²) in [6.45, 7) is 6.89. The van der Waals surface area contributed by atoms with Crippen LogP contribution in [0.5, 0.6) is 11.5 Å². The molecule has 0 aliphatic rings. The highest BCUT2D eigenvalue weighted by atomic mass is 16.5. The lowest BCUT2D eigenvalue weighted by Gasteiger charge is -2.10. The largest absolute Gasteiger partial charge is 0.504 e. The van der Waals surface area contributed by atoms with Crippen molar-refractivity contribution < 1.29 is 14.4 Å². The van der Waals surface area contributed by atoms with Crippen molar-refractivity contribution in [1.29, 1.82) is 0 Å². The van der Waals surface area contributed by atoms with E-state index >= 15 is 0 Å². The summed E-state index contributed by atoms with van der Waals surface area (Å²) in [5.74, 6) is 1.43. The molecule has 1 rings (SSSR count). The SMILES string of the molecule is Cc1c(OCCC(C)C)c(O)cc[n+]1C. The highest BCUT2D eigenvalue weighted by Crippen LogP contribution is 2.26. The van der Waals surface area contributed by atoms with Crippen molar-refractivity contribution in [2.75, 3.05) is 6.61 Å². The number of rotatable bonds is 4. The molecule has 1 aromatic heterocycles. The first-order valence-corrected chi connectivity index (χ1v) is 5.33. The Labute approximate surface area is 91.3 Å². The molecule has 0 aromatic carbocycles. The van der Waals surface area contributed by atoms with Crippen LogP contribution in [-0.2, 0) is 7.05 Å². The third kappa shape index (κ3) is 3.11. The molecule has 1 N–H and O–H groups in total. The van der Waals surface area contributed by atoms with E-state index in [0.29, 0.717) is 18.3 Å². The molecule has 0 fully saturated rings. The van der Waals surface area contributed by atoms with Crippen LogP contribution >= 0.6 is 0 Å². The summed E-state index contributed by atoms with van der Waals surface area (Å²) in [5, 5.41) is 9.64. The monoisotopic (exact) mass is 210 g/mol. The lowest BCUT2D eigenvalue weighted by Crippen LogP contribution is -2.31. The van der Waals surface area contributed by atoms with Crippen LogP contribution in [-0.4, -0.2) is 11.7 Å². The number of aryl methyl sites for hydroxylation is 1. The number of hydrogen-bond acceptors (Lipinski definition) is 2. The molecule has 0 spiro atoms. The fraction of sp³-hybridized carbons (Fsp3) is 0.583. The highest BCUT2D eigenvalue weighted by Gasteiger charge is 2.14. The number of pyridine rings is 1. The second-order valence-electron chi connectivity index (χ2n) is 4.26. The maximum atomic E-state index is 9.64. The van der Waals surface area contributed by atoms with E-state index in [4.69, 9.17) is 4.74 Å². The second kappa shape index (κ2) is 5.01. The predicted octanol–water partition coefficient (Wildman–Crippen LogP) is 1.95. The molecule has 15 heavy (non-hydrogen) atoms. The van der Waals surface area contributed by atoms with Crippen LogP contribution in [0.1, 0.15) is 26.0 Å². The molecule has 0 saturated heterocycles. The summed E-state index contributed by atoms with van der Waals surface area (Å²) in [4.78, 5) is 0. The molecule has 3 nitrogen and oxygen atoms in total. The average molecular weight is 210 g/mol. The van der Waals surface area contributed by atoms with E-state index in [-0.39, 0.29) is 5.75 Å². The Morgan fingerprint density at radius 2 is 2.13 bits per heavy atom. The van der Waals surface area contributed by atoms with Gasteiger partial charge < -0.3 is 9.84 Å². The van der Waals surface area contributed by atoms with E-state index in [1.165, 1.54) is 0 Å². The van der Waals surface area contributed by atoms with Gasteiger partial charge in [0.25, 0.3) is 0 Å². The Morgan fingerprint density at radius 1 is 1.47 bits per heavy atom. The summed E-state index contributed by atoms with van der Waals surface area (Å²) >= 11 is 0. The molecule has 1 aromatic rings. The fourth-order valence-electron chi connectivity index (χ4n) is 1.29. The maximum Gasteiger partial charge on any atom is 0.228 e. The van der Waals surface area contributed by atoms with Crippen LogP contribution in [0.3, 0.4) is 0 Å². The summed E-state index contributed by atoms with van der Waals surface area (Å²) < 4.78 is 7.52. The number of nitrogens with zero attached hydrogens (tertiary/aromatic N) is 1. The summed E-state index contributed by atoms with van der Waals surface area (Å²) in [5.41, 5.74) is 0.943. The van der Waals surface area contributed by atoms with E-state index in [9.17, 15) is 5.11 Å². The molecule has 0 radical (unpaired) electrons. The zero-order chi connectivity index (χ0) is 11.4. The van der Waals surface area contributed by atoms with Gasteiger partial charge in [-0.3, -0.25) is 0 Å². The Morgan fingerprint density at radius 3 is 2.73 bits per heavy atom. The van der Waals surface area contributed by atoms with Crippen LogP contribution in [0, 0.1) is 12.8 Å². The van der Waals surface area contributed by atoms with Crippen molar-refractivity contribution in [3.63, 3.8) is 0 Å². The second-order valence-corrected chi connectivity index (χ2v) is 4.26. The van der Waals surface area contributed by atoms with E-state index in [1.807, 2.05) is 24.7 Å². The first kappa shape index (κ1) is 11.8. The molecule has 0 aliphatic carbocycles. The van der Waals surface area contributed by atoms with E-state index in [0.717, 1.165) is 12.1 Å². The van der Waals surface area contributed by atoms with Gasteiger partial charge in [-0.05, 0) is 12.3 Å². The number of aromatic hydroxyl groups is 1. The van der Waals surface area contributed by atoms with Gasteiger partial charge in [0.05, 0.1) is 6.61 Å². The van der Waals surface area contributed by atoms with Crippen molar-refractivity contribution in [2.24, 2.45) is 13.0 Å². The maximum absolute atomic E-state index is 9.64. The molecular weight excluding hydrogens is 190 g/mol. The van der Waals surface area contributed by atoms with Crippen molar-refractivity contribution in [3.05, 3.63) is 18.0 Å². The Hall–Kier alpha value is -1.25. The molecule has 0 unspecified atom stereocenters. The van der Waals surface area contributed by atoms with Crippen molar-refractivity contribution >= 4 is 0 Å². The molecule has 1 heterocycles. The minimum atomic E-state index is 0.217. The smallest absolute Gasteiger partial charge is 0.228 e. The molecule has 0 aliphatic heterocycles. The van der Waals surface area contributed by atoms with Crippen LogP contribution < -0.4 is 9.30 Å². The minimum Gasteiger partial charge on any atom is -0.504 e. The fourth-order valence-corrected chi connectivity index (χ4v) is 1.29. The Bertz CT molecular complexity index is 335. The third-order valence-electron chi connectivity index (χ3n) is 2.49. The first-order chi connectivity index (χ1) is 7.02. The predicted molar refractivity (Wildman–Crippen MR) is 59.0 cm³/mol. The topological polar surface area (TPSA) is 33.3 Å². The van der Waals surface area contributed by atoms with Gasteiger partial charge in [-0.15, -0.1) is 0 Å². The highest BCUT2D eigenvalue weighted by molar-refractivity contribution is 5.38. The van der Waals surface area contributed by atoms with Crippen LogP contribution in [0.2, 0.25) is 0 Å². The number of ether oxygens (including phenoxy) is 1. The molecule has 3 heteroatoms.